The molecule has 0 spiro atoms. The molecular weight excluding hydrogens is 583 g/mol. The Morgan fingerprint density at radius 2 is 1.77 bits per heavy atom. The molecule has 2 unspecified atom stereocenters. The van der Waals surface area contributed by atoms with E-state index in [0.717, 1.165) is 4.57 Å². The molecule has 0 bridgehead atoms. The Hall–Kier alpha value is -3.19. The molecule has 43 heavy (non-hydrogen) atoms. The van der Waals surface area contributed by atoms with Crippen LogP contribution in [-0.2, 0) is 21.0 Å². The van der Waals surface area contributed by atoms with Crippen LogP contribution in [-0.4, -0.2) is 118 Å². The second-order valence-corrected chi connectivity index (χ2v) is 12.5. The van der Waals surface area contributed by atoms with Crippen molar-refractivity contribution in [1.29, 1.82) is 0 Å². The van der Waals surface area contributed by atoms with Crippen molar-refractivity contribution in [3.05, 3.63) is 11.9 Å². The van der Waals surface area contributed by atoms with Gasteiger partial charge >= 0.3 is 6.18 Å². The topological polar surface area (TPSA) is 104 Å². The number of fused-ring (bicyclic) bond motifs is 1. The molecule has 0 saturated carbocycles. The third-order valence-electron chi connectivity index (χ3n) is 7.07. The maximum absolute atomic E-state index is 14.0. The Labute approximate surface area is 252 Å². The highest BCUT2D eigenvalue weighted by atomic mass is 32.2. The number of rotatable bonds is 8. The Morgan fingerprint density at radius 1 is 1.14 bits per heavy atom. The van der Waals surface area contributed by atoms with Crippen LogP contribution in [0.25, 0.3) is 16.7 Å². The van der Waals surface area contributed by atoms with Gasteiger partial charge in [0.1, 0.15) is 6.54 Å². The Kier molecular flexibility index (Phi) is 11.2. The SMILES string of the molecule is C#CC(C)(/N=C\C(=C/C)c1nc(N2CCOCC2)c2nc(N3CCN(S(=C)(C)=O)CC3)n(CC(F)(F)F)c2n1)NC.CC. The quantitative estimate of drug-likeness (QED) is 0.272. The van der Waals surface area contributed by atoms with Crippen LogP contribution in [0.3, 0.4) is 0 Å². The molecule has 2 aromatic heterocycles. The van der Waals surface area contributed by atoms with Gasteiger partial charge in [0.05, 0.1) is 13.2 Å². The molecule has 0 radical (unpaired) electrons. The number of allylic oxidation sites excluding steroid dienone is 2. The van der Waals surface area contributed by atoms with Gasteiger partial charge in [-0.1, -0.05) is 25.8 Å². The molecule has 2 atom stereocenters. The fraction of sp³-hybridized carbons (Fsp3) is 0.607. The number of nitrogens with one attached hydrogen (secondary N) is 1. The third kappa shape index (κ3) is 8.26. The molecule has 0 aliphatic carbocycles. The molecule has 4 rings (SSSR count). The number of nitrogens with zero attached hydrogens (tertiary/aromatic N) is 8. The number of piperazine rings is 1. The lowest BCUT2D eigenvalue weighted by molar-refractivity contribution is -0.139. The first-order chi connectivity index (χ1) is 20.3. The van der Waals surface area contributed by atoms with Crippen molar-refractivity contribution in [3.8, 4) is 12.3 Å². The number of terminal acetylenes is 1. The fourth-order valence-electron chi connectivity index (χ4n) is 4.57. The minimum atomic E-state index is -4.54. The number of aromatic nitrogens is 4. The van der Waals surface area contributed by atoms with Crippen molar-refractivity contribution in [2.75, 3.05) is 75.6 Å². The summed E-state index contributed by atoms with van der Waals surface area (Å²) in [4.78, 5) is 22.3. The molecule has 15 heteroatoms. The lowest BCUT2D eigenvalue weighted by atomic mass is 10.2. The van der Waals surface area contributed by atoms with Gasteiger partial charge in [0, 0.05) is 67.0 Å². The van der Waals surface area contributed by atoms with Crippen LogP contribution in [0.4, 0.5) is 24.9 Å². The zero-order valence-electron chi connectivity index (χ0n) is 25.7. The lowest BCUT2D eigenvalue weighted by Crippen LogP contribution is -2.49. The smallest absolute Gasteiger partial charge is 0.378 e. The van der Waals surface area contributed by atoms with E-state index in [4.69, 9.17) is 21.1 Å². The summed E-state index contributed by atoms with van der Waals surface area (Å²) in [6, 6.07) is 0. The summed E-state index contributed by atoms with van der Waals surface area (Å²) >= 11 is 0. The summed E-state index contributed by atoms with van der Waals surface area (Å²) in [7, 11) is -0.752. The van der Waals surface area contributed by atoms with E-state index in [0.29, 0.717) is 63.9 Å². The minimum Gasteiger partial charge on any atom is -0.378 e. The van der Waals surface area contributed by atoms with Crippen LogP contribution in [0.5, 0.6) is 0 Å². The van der Waals surface area contributed by atoms with Gasteiger partial charge < -0.3 is 14.5 Å². The molecule has 238 valence electrons. The second-order valence-electron chi connectivity index (χ2n) is 10.1. The normalized spacial score (nSPS) is 20.0. The number of halogens is 3. The van der Waals surface area contributed by atoms with Crippen LogP contribution in [0.1, 0.15) is 33.5 Å². The van der Waals surface area contributed by atoms with Crippen molar-refractivity contribution >= 4 is 50.3 Å². The second kappa shape index (κ2) is 14.1. The van der Waals surface area contributed by atoms with E-state index in [-0.39, 0.29) is 22.9 Å². The number of imidazole rings is 1. The number of alkyl halides is 3. The average Bonchev–Trinajstić information content (AvgIpc) is 3.34. The number of hydrogen-bond acceptors (Lipinski definition) is 9. The third-order valence-corrected chi connectivity index (χ3v) is 8.53. The first-order valence-electron chi connectivity index (χ1n) is 14.2. The van der Waals surface area contributed by atoms with E-state index in [9.17, 15) is 17.4 Å². The predicted octanol–water partition coefficient (Wildman–Crippen LogP) is 2.68. The van der Waals surface area contributed by atoms with Crippen molar-refractivity contribution in [1.82, 2.24) is 29.1 Å². The predicted molar refractivity (Wildman–Crippen MR) is 169 cm³/mol. The van der Waals surface area contributed by atoms with Gasteiger partial charge in [0.25, 0.3) is 0 Å². The van der Waals surface area contributed by atoms with Gasteiger partial charge in [-0.3, -0.25) is 19.1 Å². The summed E-state index contributed by atoms with van der Waals surface area (Å²) in [6.07, 6.45) is 5.89. The number of ether oxygens (including phenoxy) is 1. The van der Waals surface area contributed by atoms with Crippen molar-refractivity contribution < 1.29 is 22.1 Å². The van der Waals surface area contributed by atoms with Crippen molar-refractivity contribution in [3.63, 3.8) is 0 Å². The van der Waals surface area contributed by atoms with Gasteiger partial charge in [-0.05, 0) is 26.8 Å². The summed E-state index contributed by atoms with van der Waals surface area (Å²) in [5.41, 5.74) is -0.177. The minimum absolute atomic E-state index is 0.0590. The number of hydrogen-bond donors (Lipinski definition) is 1. The largest absolute Gasteiger partial charge is 0.406 e. The van der Waals surface area contributed by atoms with Crippen LogP contribution >= 0.6 is 0 Å². The first-order valence-corrected chi connectivity index (χ1v) is 16.3. The maximum atomic E-state index is 14.0. The highest BCUT2D eigenvalue weighted by molar-refractivity contribution is 7.97. The zero-order chi connectivity index (χ0) is 32.0. The van der Waals surface area contributed by atoms with E-state index in [1.807, 2.05) is 18.7 Å². The molecule has 2 aliphatic rings. The summed E-state index contributed by atoms with van der Waals surface area (Å²) < 4.78 is 62.7. The van der Waals surface area contributed by atoms with Gasteiger partial charge in [-0.2, -0.15) is 13.2 Å². The molecule has 4 heterocycles. The Morgan fingerprint density at radius 3 is 2.28 bits per heavy atom. The van der Waals surface area contributed by atoms with Gasteiger partial charge in [-0.15, -0.1) is 6.42 Å². The molecule has 1 N–H and O–H groups in total. The van der Waals surface area contributed by atoms with Crippen LogP contribution in [0, 0.1) is 12.3 Å². The summed E-state index contributed by atoms with van der Waals surface area (Å²) in [5.74, 6) is 7.05. The first kappa shape index (κ1) is 34.3. The molecule has 0 amide bonds. The van der Waals surface area contributed by atoms with Gasteiger partial charge in [0.2, 0.25) is 5.95 Å². The summed E-state index contributed by atoms with van der Waals surface area (Å²) in [5, 5.41) is 2.94. The maximum Gasteiger partial charge on any atom is 0.406 e. The number of morpholine rings is 1. The monoisotopic (exact) mass is 625 g/mol. The Bertz CT molecular complexity index is 1470. The Balaban J connectivity index is 0.00000248. The lowest BCUT2D eigenvalue weighted by Gasteiger charge is -2.35. The molecule has 2 saturated heterocycles. The van der Waals surface area contributed by atoms with Gasteiger partial charge in [0.15, 0.2) is 28.5 Å². The molecule has 11 nitrogen and oxygen atoms in total. The van der Waals surface area contributed by atoms with Crippen LogP contribution in [0.2, 0.25) is 0 Å². The highest BCUT2D eigenvalue weighted by Gasteiger charge is 2.35. The molecular formula is C28H42F3N9O2S. The van der Waals surface area contributed by atoms with E-state index >= 15 is 0 Å². The molecule has 2 fully saturated rings. The van der Waals surface area contributed by atoms with Crippen molar-refractivity contribution in [2.45, 2.75) is 46.1 Å². The van der Waals surface area contributed by atoms with E-state index < -0.39 is 28.1 Å². The molecule has 2 aromatic rings. The number of anilines is 2. The zero-order valence-corrected chi connectivity index (χ0v) is 26.6. The average molecular weight is 626 g/mol. The van der Waals surface area contributed by atoms with E-state index in [2.05, 4.69) is 27.1 Å². The standard InChI is InChI=1S/C26H36F3N9O2S.C2H6/c1-7-19(17-31-25(3,8-2)30-4)21-33-22(35-13-15-40-16-14-35)20-23(34-21)38(18-26(27,28)29)24(32-20)36-9-11-37(12-10-36)41(5,6)39;1-2/h2,7,17,30H,5,9-16,18H2,1,3-4,6H3;1-2H3/b19-7+,31-17-;. The number of aliphatic imine (C=N–C) groups is 1. The van der Waals surface area contributed by atoms with Crippen LogP contribution in [0.15, 0.2) is 11.1 Å². The van der Waals surface area contributed by atoms with Gasteiger partial charge in [-0.25, -0.2) is 19.3 Å². The molecule has 2 aliphatic heterocycles. The van der Waals surface area contributed by atoms with E-state index in [1.165, 1.54) is 6.21 Å². The van der Waals surface area contributed by atoms with Crippen molar-refractivity contribution in [2.24, 2.45) is 4.99 Å². The highest BCUT2D eigenvalue weighted by Crippen LogP contribution is 2.33. The fourth-order valence-corrected chi connectivity index (χ4v) is 5.51. The van der Waals surface area contributed by atoms with E-state index in [1.54, 1.807) is 42.4 Å². The van der Waals surface area contributed by atoms with Crippen LogP contribution < -0.4 is 15.1 Å². The summed E-state index contributed by atoms with van der Waals surface area (Å²) in [6.45, 7) is 9.49. The molecule has 0 aromatic carbocycles.